The molecule has 1 aliphatic carbocycles. The number of imidazole rings is 1. The second-order valence-electron chi connectivity index (χ2n) is 4.82. The zero-order valence-corrected chi connectivity index (χ0v) is 12.1. The van der Waals surface area contributed by atoms with Gasteiger partial charge in [0.1, 0.15) is 17.6 Å². The molecule has 3 rings (SSSR count). The molecule has 1 atom stereocenters. The molecule has 5 heteroatoms. The monoisotopic (exact) mass is 285 g/mol. The average molecular weight is 285 g/mol. The molecule has 0 radical (unpaired) electrons. The van der Waals surface area contributed by atoms with Gasteiger partial charge in [0.2, 0.25) is 5.76 Å². The van der Waals surface area contributed by atoms with E-state index in [9.17, 15) is 5.11 Å². The molecule has 2 heterocycles. The van der Waals surface area contributed by atoms with Crippen LogP contribution in [-0.2, 0) is 6.54 Å². The Morgan fingerprint density at radius 3 is 2.95 bits per heavy atom. The third-order valence-electron chi connectivity index (χ3n) is 2.99. The summed E-state index contributed by atoms with van der Waals surface area (Å²) in [5.74, 6) is 7.88. The summed E-state index contributed by atoms with van der Waals surface area (Å²) in [5, 5.41) is 13.6. The molecule has 110 valence electrons. The van der Waals surface area contributed by atoms with Gasteiger partial charge in [0, 0.05) is 24.4 Å². The van der Waals surface area contributed by atoms with Crippen LogP contribution in [0.15, 0.2) is 36.1 Å². The summed E-state index contributed by atoms with van der Waals surface area (Å²) in [6.07, 6.45) is 5.26. The summed E-state index contributed by atoms with van der Waals surface area (Å²) in [7, 11) is 0. The normalized spacial score (nSPS) is 14.6. The van der Waals surface area contributed by atoms with Crippen LogP contribution in [0.2, 0.25) is 0 Å². The van der Waals surface area contributed by atoms with Gasteiger partial charge in [-0.2, -0.15) is 0 Å². The van der Waals surface area contributed by atoms with E-state index in [2.05, 4.69) is 35.1 Å². The van der Waals surface area contributed by atoms with Crippen molar-refractivity contribution in [2.75, 3.05) is 0 Å². The van der Waals surface area contributed by atoms with E-state index in [0.717, 1.165) is 5.69 Å². The summed E-state index contributed by atoms with van der Waals surface area (Å²) in [6, 6.07) is 1.83. The maximum absolute atomic E-state index is 9.58. The topological polar surface area (TPSA) is 64.1 Å². The fourth-order valence-corrected chi connectivity index (χ4v) is 1.84. The minimum Gasteiger partial charge on any atom is -0.385 e. The summed E-state index contributed by atoms with van der Waals surface area (Å²) in [6.45, 7) is 8.21. The van der Waals surface area contributed by atoms with Crippen molar-refractivity contribution >= 4 is 0 Å². The number of hydrogen-bond acceptors (Lipinski definition) is 4. The lowest BCUT2D eigenvalue weighted by Crippen LogP contribution is -2.07. The number of aliphatic hydroxyl groups is 1. The van der Waals surface area contributed by atoms with Crippen molar-refractivity contribution in [2.24, 2.45) is 5.92 Å². The molecule has 1 aliphatic rings. The molecule has 2 aromatic heterocycles. The van der Waals surface area contributed by atoms with Gasteiger partial charge >= 0.3 is 0 Å². The molecular weight excluding hydrogens is 266 g/mol. The molecule has 0 amide bonds. The van der Waals surface area contributed by atoms with Crippen LogP contribution in [0.25, 0.3) is 0 Å². The van der Waals surface area contributed by atoms with E-state index in [4.69, 9.17) is 4.52 Å². The van der Waals surface area contributed by atoms with Gasteiger partial charge in [0.05, 0.1) is 6.54 Å². The Labute approximate surface area is 124 Å². The molecule has 0 bridgehead atoms. The lowest BCUT2D eigenvalue weighted by atomic mass is 10.3. The second-order valence-corrected chi connectivity index (χ2v) is 4.82. The van der Waals surface area contributed by atoms with E-state index in [1.807, 2.05) is 16.8 Å². The molecule has 1 N–H and O–H groups in total. The van der Waals surface area contributed by atoms with Crippen LogP contribution in [0.4, 0.5) is 0 Å². The van der Waals surface area contributed by atoms with Crippen molar-refractivity contribution in [3.63, 3.8) is 0 Å². The lowest BCUT2D eigenvalue weighted by Gasteiger charge is -2.07. The van der Waals surface area contributed by atoms with E-state index in [1.54, 1.807) is 13.1 Å². The molecule has 1 fully saturated rings. The van der Waals surface area contributed by atoms with Crippen molar-refractivity contribution in [2.45, 2.75) is 32.4 Å². The zero-order chi connectivity index (χ0) is 15.2. The summed E-state index contributed by atoms with van der Waals surface area (Å²) in [4.78, 5) is 4.11. The molecule has 1 saturated carbocycles. The van der Waals surface area contributed by atoms with Gasteiger partial charge in [-0.1, -0.05) is 11.1 Å². The first-order valence-corrected chi connectivity index (χ1v) is 6.88. The van der Waals surface area contributed by atoms with Crippen LogP contribution in [0.5, 0.6) is 0 Å². The van der Waals surface area contributed by atoms with E-state index >= 15 is 0 Å². The van der Waals surface area contributed by atoms with Gasteiger partial charge in [-0.05, 0) is 25.7 Å². The van der Waals surface area contributed by atoms with Crippen molar-refractivity contribution in [3.8, 4) is 11.8 Å². The Morgan fingerprint density at radius 1 is 1.52 bits per heavy atom. The summed E-state index contributed by atoms with van der Waals surface area (Å²) >= 11 is 0. The minimum atomic E-state index is -0.601. The predicted molar refractivity (Wildman–Crippen MR) is 79.3 cm³/mol. The molecule has 1 unspecified atom stereocenters. The van der Waals surface area contributed by atoms with Crippen molar-refractivity contribution in [3.05, 3.63) is 48.9 Å². The summed E-state index contributed by atoms with van der Waals surface area (Å²) in [5.41, 5.74) is 0.778. The van der Waals surface area contributed by atoms with Gasteiger partial charge in [0.25, 0.3) is 0 Å². The lowest BCUT2D eigenvalue weighted by molar-refractivity contribution is 0.184. The Hall–Kier alpha value is -2.32. The maximum atomic E-state index is 9.58. The largest absolute Gasteiger partial charge is 0.385 e. The first-order chi connectivity index (χ1) is 10.2. The fraction of sp³-hybridized carbons (Fsp3) is 0.375. The third-order valence-corrected chi connectivity index (χ3v) is 2.99. The molecule has 0 spiro atoms. The number of hydrogen-bond donors (Lipinski definition) is 1. The molecule has 0 aromatic carbocycles. The third kappa shape index (κ3) is 4.07. The molecule has 0 saturated heterocycles. The molecule has 0 aliphatic heterocycles. The fourth-order valence-electron chi connectivity index (χ4n) is 1.84. The highest BCUT2D eigenvalue weighted by Gasteiger charge is 2.18. The van der Waals surface area contributed by atoms with Gasteiger partial charge < -0.3 is 14.2 Å². The van der Waals surface area contributed by atoms with Crippen molar-refractivity contribution in [1.82, 2.24) is 14.7 Å². The van der Waals surface area contributed by atoms with Crippen molar-refractivity contribution < 1.29 is 9.63 Å². The van der Waals surface area contributed by atoms with Gasteiger partial charge in [-0.3, -0.25) is 0 Å². The van der Waals surface area contributed by atoms with Gasteiger partial charge in [0.15, 0.2) is 0 Å². The molecule has 5 nitrogen and oxygen atoms in total. The van der Waals surface area contributed by atoms with Crippen LogP contribution in [0.1, 0.15) is 43.1 Å². The van der Waals surface area contributed by atoms with E-state index in [1.165, 1.54) is 12.8 Å². The Balaban J connectivity index is 0.000000774. The number of aliphatic hydroxyl groups excluding tert-OH is 1. The molecule has 21 heavy (non-hydrogen) atoms. The van der Waals surface area contributed by atoms with Crippen LogP contribution in [0.3, 0.4) is 0 Å². The van der Waals surface area contributed by atoms with Crippen LogP contribution >= 0.6 is 0 Å². The van der Waals surface area contributed by atoms with E-state index in [-0.39, 0.29) is 0 Å². The van der Waals surface area contributed by atoms with Crippen LogP contribution < -0.4 is 0 Å². The Bertz CT molecular complexity index is 642. The van der Waals surface area contributed by atoms with Crippen LogP contribution in [0, 0.1) is 17.8 Å². The quantitative estimate of drug-likeness (QED) is 0.695. The maximum Gasteiger partial charge on any atom is 0.209 e. The van der Waals surface area contributed by atoms with E-state index < -0.39 is 6.10 Å². The molecular formula is C16H19N3O2. The number of rotatable bonds is 3. The second kappa shape index (κ2) is 6.91. The van der Waals surface area contributed by atoms with Crippen molar-refractivity contribution in [1.29, 1.82) is 0 Å². The van der Waals surface area contributed by atoms with Gasteiger partial charge in [-0.15, -0.1) is 13.2 Å². The van der Waals surface area contributed by atoms with E-state index in [0.29, 0.717) is 24.0 Å². The summed E-state index contributed by atoms with van der Waals surface area (Å²) < 4.78 is 7.02. The Morgan fingerprint density at radius 2 is 2.29 bits per heavy atom. The highest BCUT2D eigenvalue weighted by molar-refractivity contribution is 5.28. The standard InChI is InChI=1S/C14H15N3O2.C2H4/c1-10(18)14-15-6-7-17(14)9-12-8-13(19-16-12)5-4-11-2-3-11;1-2/h6-8,10-11,18H,2-3,9H2,1H3;1-2H2. The Kier molecular flexibility index (Phi) is 4.96. The zero-order valence-electron chi connectivity index (χ0n) is 12.1. The predicted octanol–water partition coefficient (Wildman–Crippen LogP) is 2.54. The van der Waals surface area contributed by atoms with Gasteiger partial charge in [-0.25, -0.2) is 4.98 Å². The SMILES string of the molecule is C=C.CC(O)c1nccn1Cc1cc(C#CC2CC2)on1. The first-order valence-electron chi connectivity index (χ1n) is 6.88. The highest BCUT2D eigenvalue weighted by atomic mass is 16.5. The molecule has 2 aromatic rings. The number of aromatic nitrogens is 3. The minimum absolute atomic E-state index is 0.523. The highest BCUT2D eigenvalue weighted by Crippen LogP contribution is 2.27. The first kappa shape index (κ1) is 15.1. The van der Waals surface area contributed by atoms with Crippen LogP contribution in [-0.4, -0.2) is 19.8 Å². The average Bonchev–Trinajstić information content (AvgIpc) is 3.02. The number of nitrogens with zero attached hydrogens (tertiary/aromatic N) is 3. The smallest absolute Gasteiger partial charge is 0.209 e.